The van der Waals surface area contributed by atoms with E-state index in [0.717, 1.165) is 12.8 Å². The van der Waals surface area contributed by atoms with Crippen molar-refractivity contribution in [1.29, 1.82) is 0 Å². The first kappa shape index (κ1) is 17.5. The van der Waals surface area contributed by atoms with E-state index >= 15 is 0 Å². The van der Waals surface area contributed by atoms with Gasteiger partial charge in [0.2, 0.25) is 0 Å². The summed E-state index contributed by atoms with van der Waals surface area (Å²) in [5.74, 6) is 0. The van der Waals surface area contributed by atoms with E-state index in [-0.39, 0.29) is 0 Å². The Bertz CT molecular complexity index is 783. The summed E-state index contributed by atoms with van der Waals surface area (Å²) in [6.45, 7) is 6.63. The molecule has 3 aromatic carbocycles. The SMILES string of the molecule is CCCc1cc(CCC)cc(-c2ccc(-c3ccc(C)cc3)cc2)c1. The Hall–Kier alpha value is -2.34. The second kappa shape index (κ2) is 8.16. The molecule has 0 fully saturated rings. The van der Waals surface area contributed by atoms with Crippen molar-refractivity contribution >= 4 is 0 Å². The molecule has 3 rings (SSSR count). The third-order valence-corrected chi connectivity index (χ3v) is 4.73. The van der Waals surface area contributed by atoms with E-state index in [1.807, 2.05) is 0 Å². The van der Waals surface area contributed by atoms with Crippen LogP contribution in [0.1, 0.15) is 43.4 Å². The van der Waals surface area contributed by atoms with Gasteiger partial charge in [0, 0.05) is 0 Å². The smallest absolute Gasteiger partial charge is 0.0179 e. The lowest BCUT2D eigenvalue weighted by Crippen LogP contribution is -1.91. The summed E-state index contributed by atoms with van der Waals surface area (Å²) < 4.78 is 0. The molecule has 0 bridgehead atoms. The molecule has 0 nitrogen and oxygen atoms in total. The van der Waals surface area contributed by atoms with E-state index < -0.39 is 0 Å². The molecule has 3 aromatic rings. The molecule has 0 atom stereocenters. The number of hydrogen-bond donors (Lipinski definition) is 0. The molecule has 0 aromatic heterocycles. The van der Waals surface area contributed by atoms with E-state index in [4.69, 9.17) is 0 Å². The van der Waals surface area contributed by atoms with Gasteiger partial charge in [0.25, 0.3) is 0 Å². The van der Waals surface area contributed by atoms with E-state index in [0.29, 0.717) is 0 Å². The Morgan fingerprint density at radius 1 is 0.520 bits per heavy atom. The summed E-state index contributed by atoms with van der Waals surface area (Å²) in [4.78, 5) is 0. The van der Waals surface area contributed by atoms with E-state index in [2.05, 4.69) is 87.5 Å². The van der Waals surface area contributed by atoms with Gasteiger partial charge in [-0.3, -0.25) is 0 Å². The van der Waals surface area contributed by atoms with Crippen LogP contribution in [0, 0.1) is 6.92 Å². The lowest BCUT2D eigenvalue weighted by atomic mass is 9.95. The predicted octanol–water partition coefficient (Wildman–Crippen LogP) is 7.23. The highest BCUT2D eigenvalue weighted by Gasteiger charge is 2.05. The Kier molecular flexibility index (Phi) is 5.71. The summed E-state index contributed by atoms with van der Waals surface area (Å²) >= 11 is 0. The molecule has 0 N–H and O–H groups in total. The van der Waals surface area contributed by atoms with E-state index in [1.54, 1.807) is 0 Å². The highest BCUT2D eigenvalue weighted by Crippen LogP contribution is 2.27. The molecule has 0 unspecified atom stereocenters. The monoisotopic (exact) mass is 328 g/mol. The Balaban J connectivity index is 1.92. The molecule has 0 saturated carbocycles. The molecule has 0 aliphatic heterocycles. The minimum Gasteiger partial charge on any atom is -0.0651 e. The van der Waals surface area contributed by atoms with Gasteiger partial charge in [-0.15, -0.1) is 0 Å². The number of aryl methyl sites for hydroxylation is 3. The lowest BCUT2D eigenvalue weighted by Gasteiger charge is -2.10. The first-order valence-corrected chi connectivity index (χ1v) is 9.50. The van der Waals surface area contributed by atoms with Crippen LogP contribution in [0.2, 0.25) is 0 Å². The molecule has 0 saturated heterocycles. The Morgan fingerprint density at radius 2 is 0.920 bits per heavy atom. The maximum Gasteiger partial charge on any atom is -0.0179 e. The van der Waals surface area contributed by atoms with Crippen LogP contribution in [0.25, 0.3) is 22.3 Å². The zero-order chi connectivity index (χ0) is 17.6. The molecule has 0 aliphatic carbocycles. The van der Waals surface area contributed by atoms with Gasteiger partial charge in [0.05, 0.1) is 0 Å². The van der Waals surface area contributed by atoms with Gasteiger partial charge in [0.15, 0.2) is 0 Å². The van der Waals surface area contributed by atoms with E-state index in [1.165, 1.54) is 51.8 Å². The van der Waals surface area contributed by atoms with Gasteiger partial charge in [-0.25, -0.2) is 0 Å². The Morgan fingerprint density at radius 3 is 1.36 bits per heavy atom. The molecule has 128 valence electrons. The third kappa shape index (κ3) is 4.39. The first-order valence-electron chi connectivity index (χ1n) is 9.50. The molecular weight excluding hydrogens is 300 g/mol. The standard InChI is InChI=1S/C25H28/c1-4-6-20-16-21(7-5-2)18-25(17-20)24-14-12-23(13-15-24)22-10-8-19(3)9-11-22/h8-18H,4-7H2,1-3H3. The fourth-order valence-electron chi connectivity index (χ4n) is 3.40. The van der Waals surface area contributed by atoms with Gasteiger partial charge < -0.3 is 0 Å². The molecule has 0 aliphatic rings. The maximum absolute atomic E-state index is 2.39. The highest BCUT2D eigenvalue weighted by molar-refractivity contribution is 5.71. The van der Waals surface area contributed by atoms with Crippen molar-refractivity contribution in [1.82, 2.24) is 0 Å². The zero-order valence-corrected chi connectivity index (χ0v) is 15.7. The quantitative estimate of drug-likeness (QED) is 0.447. The van der Waals surface area contributed by atoms with Crippen molar-refractivity contribution in [3.8, 4) is 22.3 Å². The second-order valence-corrected chi connectivity index (χ2v) is 6.98. The maximum atomic E-state index is 2.39. The van der Waals surface area contributed by atoms with Crippen LogP contribution in [-0.4, -0.2) is 0 Å². The lowest BCUT2D eigenvalue weighted by molar-refractivity contribution is 0.896. The first-order chi connectivity index (χ1) is 12.2. The fourth-order valence-corrected chi connectivity index (χ4v) is 3.40. The van der Waals surface area contributed by atoms with Crippen LogP contribution < -0.4 is 0 Å². The molecule has 0 spiro atoms. The van der Waals surface area contributed by atoms with Crippen molar-refractivity contribution in [2.45, 2.75) is 46.5 Å². The summed E-state index contributed by atoms with van der Waals surface area (Å²) in [6.07, 6.45) is 4.71. The molecule has 0 amide bonds. The molecule has 0 heterocycles. The zero-order valence-electron chi connectivity index (χ0n) is 15.7. The third-order valence-electron chi connectivity index (χ3n) is 4.73. The predicted molar refractivity (Wildman–Crippen MR) is 110 cm³/mol. The van der Waals surface area contributed by atoms with Crippen LogP contribution in [0.5, 0.6) is 0 Å². The molecule has 0 heteroatoms. The van der Waals surface area contributed by atoms with Crippen LogP contribution in [0.4, 0.5) is 0 Å². The summed E-state index contributed by atoms with van der Waals surface area (Å²) in [7, 11) is 0. The number of benzene rings is 3. The molecule has 25 heavy (non-hydrogen) atoms. The highest BCUT2D eigenvalue weighted by atomic mass is 14.1. The minimum atomic E-state index is 1.16. The van der Waals surface area contributed by atoms with Gasteiger partial charge in [-0.05, 0) is 53.1 Å². The summed E-state index contributed by atoms with van der Waals surface area (Å²) in [6, 6.07) is 24.9. The molecule has 0 radical (unpaired) electrons. The summed E-state index contributed by atoms with van der Waals surface area (Å²) in [5, 5.41) is 0. The van der Waals surface area contributed by atoms with Crippen molar-refractivity contribution in [3.63, 3.8) is 0 Å². The fraction of sp³-hybridized carbons (Fsp3) is 0.280. The van der Waals surface area contributed by atoms with Gasteiger partial charge in [0.1, 0.15) is 0 Å². The largest absolute Gasteiger partial charge is 0.0651 e. The van der Waals surface area contributed by atoms with Gasteiger partial charge in [-0.2, -0.15) is 0 Å². The Labute approximate surface area is 152 Å². The average molecular weight is 328 g/mol. The van der Waals surface area contributed by atoms with Crippen LogP contribution in [0.15, 0.2) is 66.7 Å². The normalized spacial score (nSPS) is 10.8. The summed E-state index contributed by atoms with van der Waals surface area (Å²) in [5.41, 5.74) is 9.45. The van der Waals surface area contributed by atoms with Crippen LogP contribution >= 0.6 is 0 Å². The van der Waals surface area contributed by atoms with Crippen molar-refractivity contribution in [2.24, 2.45) is 0 Å². The van der Waals surface area contributed by atoms with Crippen molar-refractivity contribution in [2.75, 3.05) is 0 Å². The number of hydrogen-bond acceptors (Lipinski definition) is 0. The van der Waals surface area contributed by atoms with Crippen LogP contribution in [0.3, 0.4) is 0 Å². The van der Waals surface area contributed by atoms with Crippen molar-refractivity contribution < 1.29 is 0 Å². The molecular formula is C25H28. The van der Waals surface area contributed by atoms with E-state index in [9.17, 15) is 0 Å². The topological polar surface area (TPSA) is 0 Å². The average Bonchev–Trinajstić information content (AvgIpc) is 2.63. The van der Waals surface area contributed by atoms with Crippen LogP contribution in [-0.2, 0) is 12.8 Å². The van der Waals surface area contributed by atoms with Gasteiger partial charge >= 0.3 is 0 Å². The van der Waals surface area contributed by atoms with Crippen molar-refractivity contribution in [3.05, 3.63) is 83.4 Å². The van der Waals surface area contributed by atoms with Gasteiger partial charge in [-0.1, -0.05) is 99.0 Å². The minimum absolute atomic E-state index is 1.16. The second-order valence-electron chi connectivity index (χ2n) is 6.98. The number of rotatable bonds is 6.